The molecule has 2 N–H and O–H groups in total. The zero-order valence-electron chi connectivity index (χ0n) is 11.0. The molecular formula is C14H13ClIN3O. The lowest BCUT2D eigenvalue weighted by atomic mass is 10.2. The number of anilines is 2. The van der Waals surface area contributed by atoms with E-state index in [2.05, 4.69) is 38.2 Å². The number of hydrogen-bond donors (Lipinski definition) is 2. The van der Waals surface area contributed by atoms with Crippen molar-refractivity contribution < 1.29 is 4.79 Å². The molecule has 0 spiro atoms. The van der Waals surface area contributed by atoms with Crippen LogP contribution in [-0.4, -0.2) is 17.9 Å². The first kappa shape index (κ1) is 15.1. The van der Waals surface area contributed by atoms with Gasteiger partial charge in [-0.05, 0) is 59.8 Å². The fourth-order valence-corrected chi connectivity index (χ4v) is 2.62. The summed E-state index contributed by atoms with van der Waals surface area (Å²) in [5.74, 6) is 0.443. The molecule has 0 bridgehead atoms. The number of rotatable bonds is 3. The topological polar surface area (TPSA) is 54.0 Å². The van der Waals surface area contributed by atoms with Crippen LogP contribution >= 0.6 is 34.2 Å². The van der Waals surface area contributed by atoms with E-state index in [1.54, 1.807) is 31.3 Å². The molecule has 1 heterocycles. The Labute approximate surface area is 136 Å². The molecule has 0 aliphatic carbocycles. The molecule has 4 nitrogen and oxygen atoms in total. The number of pyridine rings is 1. The second-order valence-electron chi connectivity index (χ2n) is 4.21. The SMILES string of the molecule is CNc1cc(C(=O)Nc2ccc(I)cc2Cl)cc(C)n1. The number of benzene rings is 1. The molecule has 0 saturated carbocycles. The monoisotopic (exact) mass is 401 g/mol. The Morgan fingerprint density at radius 3 is 2.70 bits per heavy atom. The van der Waals surface area contributed by atoms with Crippen LogP contribution in [-0.2, 0) is 0 Å². The van der Waals surface area contributed by atoms with Gasteiger partial charge in [-0.2, -0.15) is 0 Å². The highest BCUT2D eigenvalue weighted by molar-refractivity contribution is 14.1. The fraction of sp³-hybridized carbons (Fsp3) is 0.143. The molecule has 0 saturated heterocycles. The minimum absolute atomic E-state index is 0.213. The Morgan fingerprint density at radius 2 is 2.05 bits per heavy atom. The molecule has 0 unspecified atom stereocenters. The van der Waals surface area contributed by atoms with E-state index >= 15 is 0 Å². The maximum absolute atomic E-state index is 12.2. The largest absolute Gasteiger partial charge is 0.373 e. The molecule has 1 aromatic carbocycles. The summed E-state index contributed by atoms with van der Waals surface area (Å²) in [6.07, 6.45) is 0. The lowest BCUT2D eigenvalue weighted by Crippen LogP contribution is -2.13. The van der Waals surface area contributed by atoms with Crippen molar-refractivity contribution in [3.8, 4) is 0 Å². The van der Waals surface area contributed by atoms with Crippen molar-refractivity contribution in [3.05, 3.63) is 50.2 Å². The number of nitrogens with one attached hydrogen (secondary N) is 2. The highest BCUT2D eigenvalue weighted by atomic mass is 127. The predicted octanol–water partition coefficient (Wildman–Crippen LogP) is 3.94. The Hall–Kier alpha value is -1.34. The zero-order chi connectivity index (χ0) is 14.7. The summed E-state index contributed by atoms with van der Waals surface area (Å²) in [7, 11) is 1.76. The van der Waals surface area contributed by atoms with Crippen molar-refractivity contribution in [3.63, 3.8) is 0 Å². The van der Waals surface area contributed by atoms with Gasteiger partial charge in [0.15, 0.2) is 0 Å². The van der Waals surface area contributed by atoms with Gasteiger partial charge in [0.05, 0.1) is 10.7 Å². The molecule has 0 aliphatic heterocycles. The summed E-state index contributed by atoms with van der Waals surface area (Å²) in [5.41, 5.74) is 1.91. The van der Waals surface area contributed by atoms with Crippen molar-refractivity contribution >= 4 is 51.6 Å². The number of carbonyl (C=O) groups excluding carboxylic acids is 1. The van der Waals surface area contributed by atoms with Crippen molar-refractivity contribution in [1.82, 2.24) is 4.98 Å². The number of hydrogen-bond acceptors (Lipinski definition) is 3. The molecule has 0 atom stereocenters. The zero-order valence-corrected chi connectivity index (χ0v) is 13.9. The first-order chi connectivity index (χ1) is 9.49. The van der Waals surface area contributed by atoms with E-state index in [1.165, 1.54) is 0 Å². The average molecular weight is 402 g/mol. The minimum Gasteiger partial charge on any atom is -0.373 e. The van der Waals surface area contributed by atoms with Crippen molar-refractivity contribution in [2.45, 2.75) is 6.92 Å². The van der Waals surface area contributed by atoms with Crippen LogP contribution in [0.15, 0.2) is 30.3 Å². The van der Waals surface area contributed by atoms with E-state index in [1.807, 2.05) is 13.0 Å². The molecule has 0 radical (unpaired) electrons. The van der Waals surface area contributed by atoms with Crippen LogP contribution in [0.25, 0.3) is 0 Å². The highest BCUT2D eigenvalue weighted by Gasteiger charge is 2.10. The van der Waals surface area contributed by atoms with Gasteiger partial charge in [0.25, 0.3) is 5.91 Å². The van der Waals surface area contributed by atoms with Crippen LogP contribution in [0.4, 0.5) is 11.5 Å². The summed E-state index contributed by atoms with van der Waals surface area (Å²) in [5, 5.41) is 6.25. The maximum Gasteiger partial charge on any atom is 0.255 e. The molecule has 104 valence electrons. The average Bonchev–Trinajstić information content (AvgIpc) is 2.41. The van der Waals surface area contributed by atoms with E-state index < -0.39 is 0 Å². The van der Waals surface area contributed by atoms with Crippen molar-refractivity contribution in [2.75, 3.05) is 17.7 Å². The Bertz CT molecular complexity index is 661. The van der Waals surface area contributed by atoms with E-state index in [0.29, 0.717) is 22.1 Å². The number of amides is 1. The lowest BCUT2D eigenvalue weighted by Gasteiger charge is -2.09. The molecule has 0 aliphatic rings. The van der Waals surface area contributed by atoms with E-state index in [4.69, 9.17) is 11.6 Å². The Kier molecular flexibility index (Phi) is 4.82. The second-order valence-corrected chi connectivity index (χ2v) is 5.86. The summed E-state index contributed by atoms with van der Waals surface area (Å²) < 4.78 is 1.02. The highest BCUT2D eigenvalue weighted by Crippen LogP contribution is 2.24. The quantitative estimate of drug-likeness (QED) is 0.766. The van der Waals surface area contributed by atoms with Gasteiger partial charge in [-0.15, -0.1) is 0 Å². The van der Waals surface area contributed by atoms with Crippen LogP contribution in [0.5, 0.6) is 0 Å². The van der Waals surface area contributed by atoms with Crippen molar-refractivity contribution in [1.29, 1.82) is 0 Å². The molecule has 20 heavy (non-hydrogen) atoms. The first-order valence-electron chi connectivity index (χ1n) is 5.92. The van der Waals surface area contributed by atoms with Crippen LogP contribution < -0.4 is 10.6 Å². The number of nitrogens with zero attached hydrogens (tertiary/aromatic N) is 1. The van der Waals surface area contributed by atoms with Gasteiger partial charge in [-0.3, -0.25) is 4.79 Å². The normalized spacial score (nSPS) is 10.2. The standard InChI is InChI=1S/C14H13ClIN3O/c1-8-5-9(6-13(17-2)18-8)14(20)19-12-4-3-10(16)7-11(12)15/h3-7H,1-2H3,(H,17,18)(H,19,20). The number of halogens is 2. The van der Waals surface area contributed by atoms with Gasteiger partial charge in [0.1, 0.15) is 5.82 Å². The lowest BCUT2D eigenvalue weighted by molar-refractivity contribution is 0.102. The van der Waals surface area contributed by atoms with Gasteiger partial charge < -0.3 is 10.6 Å². The van der Waals surface area contributed by atoms with E-state index in [9.17, 15) is 4.79 Å². The summed E-state index contributed by atoms with van der Waals surface area (Å²) in [4.78, 5) is 16.5. The molecule has 2 aromatic rings. The van der Waals surface area contributed by atoms with E-state index in [-0.39, 0.29) is 5.91 Å². The van der Waals surface area contributed by atoms with Gasteiger partial charge in [0, 0.05) is 21.9 Å². The maximum atomic E-state index is 12.2. The van der Waals surface area contributed by atoms with Crippen molar-refractivity contribution in [2.24, 2.45) is 0 Å². The third-order valence-corrected chi connectivity index (χ3v) is 3.63. The fourth-order valence-electron chi connectivity index (χ4n) is 1.71. The van der Waals surface area contributed by atoms with Gasteiger partial charge in [0.2, 0.25) is 0 Å². The minimum atomic E-state index is -0.213. The third-order valence-electron chi connectivity index (χ3n) is 2.65. The Balaban J connectivity index is 2.26. The van der Waals surface area contributed by atoms with Crippen LogP contribution in [0.1, 0.15) is 16.1 Å². The number of carbonyl (C=O) groups is 1. The van der Waals surface area contributed by atoms with Crippen LogP contribution in [0, 0.1) is 10.5 Å². The van der Waals surface area contributed by atoms with Crippen LogP contribution in [0.3, 0.4) is 0 Å². The molecule has 2 rings (SSSR count). The molecule has 1 amide bonds. The molecular weight excluding hydrogens is 389 g/mol. The Morgan fingerprint density at radius 1 is 1.30 bits per heavy atom. The summed E-state index contributed by atoms with van der Waals surface area (Å²) >= 11 is 8.27. The number of aromatic nitrogens is 1. The van der Waals surface area contributed by atoms with E-state index in [0.717, 1.165) is 9.26 Å². The third kappa shape index (κ3) is 3.61. The summed E-state index contributed by atoms with van der Waals surface area (Å²) in [6, 6.07) is 8.90. The second kappa shape index (κ2) is 6.41. The number of aryl methyl sites for hydroxylation is 1. The predicted molar refractivity (Wildman–Crippen MR) is 90.6 cm³/mol. The van der Waals surface area contributed by atoms with Crippen LogP contribution in [0.2, 0.25) is 5.02 Å². The molecule has 6 heteroatoms. The van der Waals surface area contributed by atoms with Gasteiger partial charge in [-0.1, -0.05) is 11.6 Å². The smallest absolute Gasteiger partial charge is 0.255 e. The molecule has 1 aromatic heterocycles. The van der Waals surface area contributed by atoms with Gasteiger partial charge >= 0.3 is 0 Å². The van der Waals surface area contributed by atoms with Gasteiger partial charge in [-0.25, -0.2) is 4.98 Å². The first-order valence-corrected chi connectivity index (χ1v) is 7.38. The molecule has 0 fully saturated rings. The summed E-state index contributed by atoms with van der Waals surface area (Å²) in [6.45, 7) is 1.84.